The van der Waals surface area contributed by atoms with Gasteiger partial charge in [-0.05, 0) is 18.8 Å². The topological polar surface area (TPSA) is 75.4 Å². The first-order valence-corrected chi connectivity index (χ1v) is 6.30. The summed E-state index contributed by atoms with van der Waals surface area (Å²) >= 11 is 0. The Kier molecular flexibility index (Phi) is 5.41. The van der Waals surface area contributed by atoms with Crippen molar-refractivity contribution in [2.75, 3.05) is 19.6 Å². The maximum atomic E-state index is 11.8. The summed E-state index contributed by atoms with van der Waals surface area (Å²) in [7, 11) is 0. The molecule has 3 N–H and O–H groups in total. The van der Waals surface area contributed by atoms with Crippen molar-refractivity contribution in [2.24, 2.45) is 11.7 Å². The molecule has 0 aliphatic carbocycles. The summed E-state index contributed by atoms with van der Waals surface area (Å²) in [6.45, 7) is 5.60. The second kappa shape index (κ2) is 6.59. The Bertz CT molecular complexity index is 271. The van der Waals surface area contributed by atoms with E-state index in [2.05, 4.69) is 5.32 Å². The molecule has 0 spiro atoms. The van der Waals surface area contributed by atoms with Crippen molar-refractivity contribution in [3.05, 3.63) is 0 Å². The number of hydrogen-bond donors (Lipinski definition) is 2. The van der Waals surface area contributed by atoms with Gasteiger partial charge >= 0.3 is 0 Å². The molecule has 0 unspecified atom stereocenters. The Morgan fingerprint density at radius 2 is 1.94 bits per heavy atom. The quantitative estimate of drug-likeness (QED) is 0.733. The Labute approximate surface area is 103 Å². The number of amides is 2. The molecular formula is C12H23N3O2. The van der Waals surface area contributed by atoms with Crippen LogP contribution in [-0.2, 0) is 9.59 Å². The zero-order valence-electron chi connectivity index (χ0n) is 10.7. The van der Waals surface area contributed by atoms with Gasteiger partial charge in [-0.25, -0.2) is 0 Å². The summed E-state index contributed by atoms with van der Waals surface area (Å²) in [6.07, 6.45) is 2.27. The van der Waals surface area contributed by atoms with Crippen LogP contribution in [0.25, 0.3) is 0 Å². The van der Waals surface area contributed by atoms with E-state index in [1.807, 2.05) is 18.7 Å². The predicted octanol–water partition coefficient (Wildman–Crippen LogP) is 0.0984. The average Bonchev–Trinajstić information content (AvgIpc) is 2.28. The van der Waals surface area contributed by atoms with E-state index in [0.29, 0.717) is 12.3 Å². The molecule has 1 aliphatic heterocycles. The van der Waals surface area contributed by atoms with Gasteiger partial charge in [0.15, 0.2) is 0 Å². The van der Waals surface area contributed by atoms with Gasteiger partial charge in [0.2, 0.25) is 11.8 Å². The van der Waals surface area contributed by atoms with Crippen LogP contribution in [0.1, 0.15) is 33.1 Å². The van der Waals surface area contributed by atoms with Gasteiger partial charge < -0.3 is 16.0 Å². The third-order valence-electron chi connectivity index (χ3n) is 2.98. The van der Waals surface area contributed by atoms with Gasteiger partial charge in [-0.3, -0.25) is 9.59 Å². The summed E-state index contributed by atoms with van der Waals surface area (Å²) < 4.78 is 0. The highest BCUT2D eigenvalue weighted by Gasteiger charge is 2.23. The lowest BCUT2D eigenvalue weighted by atomic mass is 10.0. The molecule has 1 rings (SSSR count). The van der Waals surface area contributed by atoms with Gasteiger partial charge in [0, 0.05) is 25.6 Å². The van der Waals surface area contributed by atoms with Crippen LogP contribution >= 0.6 is 0 Å². The number of rotatable bonds is 4. The van der Waals surface area contributed by atoms with E-state index in [9.17, 15) is 9.59 Å². The third-order valence-corrected chi connectivity index (χ3v) is 2.98. The molecule has 0 radical (unpaired) electrons. The molecule has 0 atom stereocenters. The number of nitrogens with zero attached hydrogens (tertiary/aromatic N) is 1. The molecule has 1 aliphatic rings. The molecular weight excluding hydrogens is 218 g/mol. The van der Waals surface area contributed by atoms with Crippen LogP contribution in [0.3, 0.4) is 0 Å². The van der Waals surface area contributed by atoms with E-state index in [4.69, 9.17) is 5.73 Å². The number of nitrogens with two attached hydrogens (primary N) is 1. The third kappa shape index (κ3) is 4.73. The molecule has 1 heterocycles. The fourth-order valence-electron chi connectivity index (χ4n) is 2.04. The molecule has 2 amide bonds. The largest absolute Gasteiger partial charge is 0.352 e. The molecule has 0 aromatic rings. The minimum atomic E-state index is -0.114. The molecule has 1 fully saturated rings. The van der Waals surface area contributed by atoms with E-state index in [1.165, 1.54) is 0 Å². The number of likely N-dealkylation sites (tertiary alicyclic amines) is 1. The molecule has 1 saturated heterocycles. The van der Waals surface area contributed by atoms with Gasteiger partial charge in [-0.2, -0.15) is 0 Å². The molecule has 0 aromatic heterocycles. The summed E-state index contributed by atoms with van der Waals surface area (Å²) in [4.78, 5) is 24.8. The first-order valence-electron chi connectivity index (χ1n) is 6.30. The van der Waals surface area contributed by atoms with Crippen LogP contribution < -0.4 is 11.1 Å². The number of hydrogen-bond acceptors (Lipinski definition) is 3. The van der Waals surface area contributed by atoms with Crippen LogP contribution in [0, 0.1) is 5.92 Å². The fraction of sp³-hybridized carbons (Fsp3) is 0.833. The number of piperidine rings is 1. The Morgan fingerprint density at radius 1 is 1.35 bits per heavy atom. The minimum absolute atomic E-state index is 0.0342. The fourth-order valence-corrected chi connectivity index (χ4v) is 2.04. The SMILES string of the molecule is CC(C)CC(=O)N1CCC(NC(=O)CN)CC1. The Morgan fingerprint density at radius 3 is 2.41 bits per heavy atom. The zero-order chi connectivity index (χ0) is 12.8. The summed E-state index contributed by atoms with van der Waals surface area (Å²) in [5.74, 6) is 0.512. The van der Waals surface area contributed by atoms with E-state index in [-0.39, 0.29) is 24.4 Å². The zero-order valence-corrected chi connectivity index (χ0v) is 10.7. The van der Waals surface area contributed by atoms with Crippen molar-refractivity contribution >= 4 is 11.8 Å². The van der Waals surface area contributed by atoms with E-state index in [0.717, 1.165) is 25.9 Å². The Balaban J connectivity index is 2.30. The predicted molar refractivity (Wildman–Crippen MR) is 66.3 cm³/mol. The first kappa shape index (κ1) is 14.0. The van der Waals surface area contributed by atoms with Crippen molar-refractivity contribution in [1.82, 2.24) is 10.2 Å². The van der Waals surface area contributed by atoms with Crippen molar-refractivity contribution in [3.8, 4) is 0 Å². The van der Waals surface area contributed by atoms with Gasteiger partial charge in [0.05, 0.1) is 6.54 Å². The number of carbonyl (C=O) groups excluding carboxylic acids is 2. The summed E-state index contributed by atoms with van der Waals surface area (Å²) in [5, 5.41) is 2.87. The van der Waals surface area contributed by atoms with Crippen LogP contribution in [0.5, 0.6) is 0 Å². The van der Waals surface area contributed by atoms with Gasteiger partial charge in [-0.15, -0.1) is 0 Å². The molecule has 5 nitrogen and oxygen atoms in total. The van der Waals surface area contributed by atoms with Crippen molar-refractivity contribution in [3.63, 3.8) is 0 Å². The van der Waals surface area contributed by atoms with Gasteiger partial charge in [0.1, 0.15) is 0 Å². The number of carbonyl (C=O) groups is 2. The molecule has 17 heavy (non-hydrogen) atoms. The molecule has 0 aromatic carbocycles. The average molecular weight is 241 g/mol. The first-order chi connectivity index (χ1) is 8.02. The summed E-state index contributed by atoms with van der Waals surface area (Å²) in [6, 6.07) is 0.175. The highest BCUT2D eigenvalue weighted by atomic mass is 16.2. The lowest BCUT2D eigenvalue weighted by Gasteiger charge is -2.32. The highest BCUT2D eigenvalue weighted by Crippen LogP contribution is 2.13. The second-order valence-electron chi connectivity index (χ2n) is 5.02. The monoisotopic (exact) mass is 241 g/mol. The minimum Gasteiger partial charge on any atom is -0.352 e. The number of nitrogens with one attached hydrogen (secondary N) is 1. The van der Waals surface area contributed by atoms with E-state index in [1.54, 1.807) is 0 Å². The molecule has 5 heteroatoms. The normalized spacial score (nSPS) is 17.3. The van der Waals surface area contributed by atoms with Crippen molar-refractivity contribution in [1.29, 1.82) is 0 Å². The van der Waals surface area contributed by atoms with Crippen LogP contribution in [0.2, 0.25) is 0 Å². The Hall–Kier alpha value is -1.10. The maximum absolute atomic E-state index is 11.8. The van der Waals surface area contributed by atoms with Gasteiger partial charge in [0.25, 0.3) is 0 Å². The highest BCUT2D eigenvalue weighted by molar-refractivity contribution is 5.78. The van der Waals surface area contributed by atoms with Crippen molar-refractivity contribution in [2.45, 2.75) is 39.2 Å². The van der Waals surface area contributed by atoms with Crippen LogP contribution in [-0.4, -0.2) is 42.4 Å². The molecule has 0 saturated carbocycles. The van der Waals surface area contributed by atoms with E-state index >= 15 is 0 Å². The second-order valence-corrected chi connectivity index (χ2v) is 5.02. The van der Waals surface area contributed by atoms with Gasteiger partial charge in [-0.1, -0.05) is 13.8 Å². The maximum Gasteiger partial charge on any atom is 0.233 e. The standard InChI is InChI=1S/C12H23N3O2/c1-9(2)7-12(17)15-5-3-10(4-6-15)14-11(16)8-13/h9-10H,3-8,13H2,1-2H3,(H,14,16). The van der Waals surface area contributed by atoms with Crippen LogP contribution in [0.4, 0.5) is 0 Å². The smallest absolute Gasteiger partial charge is 0.233 e. The van der Waals surface area contributed by atoms with Crippen LogP contribution in [0.15, 0.2) is 0 Å². The molecule has 98 valence electrons. The summed E-state index contributed by atoms with van der Waals surface area (Å²) in [5.41, 5.74) is 5.24. The lowest BCUT2D eigenvalue weighted by molar-refractivity contribution is -0.133. The van der Waals surface area contributed by atoms with E-state index < -0.39 is 0 Å². The molecule has 0 bridgehead atoms. The van der Waals surface area contributed by atoms with Crippen molar-refractivity contribution < 1.29 is 9.59 Å². The lowest BCUT2D eigenvalue weighted by Crippen LogP contribution is -2.47.